The molecule has 0 bridgehead atoms. The number of carbonyl (C=O) groups excluding carboxylic acids is 1. The monoisotopic (exact) mass is 423 g/mol. The van der Waals surface area contributed by atoms with E-state index < -0.39 is 0 Å². The van der Waals surface area contributed by atoms with Crippen LogP contribution in [0.4, 0.5) is 0 Å². The number of aromatic nitrogens is 2. The van der Waals surface area contributed by atoms with Crippen molar-refractivity contribution in [3.63, 3.8) is 0 Å². The molecule has 0 atom stereocenters. The molecule has 0 saturated heterocycles. The number of carbonyl (C=O) groups is 1. The molecule has 0 unspecified atom stereocenters. The van der Waals surface area contributed by atoms with Gasteiger partial charge < -0.3 is 14.8 Å². The number of hydrogen-bond donors (Lipinski definition) is 1. The highest BCUT2D eigenvalue weighted by Crippen LogP contribution is 2.30. The largest absolute Gasteiger partial charge is 0.490 e. The van der Waals surface area contributed by atoms with Gasteiger partial charge in [-0.2, -0.15) is 0 Å². The van der Waals surface area contributed by atoms with Crippen molar-refractivity contribution in [1.29, 1.82) is 0 Å². The second kappa shape index (κ2) is 9.26. The maximum atomic E-state index is 12.4. The summed E-state index contributed by atoms with van der Waals surface area (Å²) in [5, 5.41) is 3.77. The molecule has 4 rings (SSSR count). The highest BCUT2D eigenvalue weighted by atomic mass is 32.2. The van der Waals surface area contributed by atoms with Crippen LogP contribution in [-0.4, -0.2) is 34.4 Å². The van der Waals surface area contributed by atoms with Gasteiger partial charge in [-0.05, 0) is 54.8 Å². The minimum absolute atomic E-state index is 0.0397. The molecular formula is C23H25N3O3S. The van der Waals surface area contributed by atoms with E-state index in [1.165, 1.54) is 22.9 Å². The van der Waals surface area contributed by atoms with Crippen LogP contribution in [-0.2, 0) is 11.3 Å². The van der Waals surface area contributed by atoms with Gasteiger partial charge in [0.2, 0.25) is 5.91 Å². The Hall–Kier alpha value is -2.93. The SMILES string of the molecule is Cc1cc(C)cc(-n2ccnc2SCC(=O)NCc2ccc3c(c2)OCCCO3)c1. The highest BCUT2D eigenvalue weighted by molar-refractivity contribution is 7.99. The lowest BCUT2D eigenvalue weighted by Crippen LogP contribution is -2.24. The van der Waals surface area contributed by atoms with Gasteiger partial charge in [-0.1, -0.05) is 23.9 Å². The zero-order valence-electron chi connectivity index (χ0n) is 17.2. The zero-order valence-corrected chi connectivity index (χ0v) is 18.0. The summed E-state index contributed by atoms with van der Waals surface area (Å²) in [6.45, 7) is 5.91. The first-order valence-electron chi connectivity index (χ1n) is 9.98. The van der Waals surface area contributed by atoms with Crippen LogP contribution in [0.1, 0.15) is 23.1 Å². The molecule has 6 nitrogen and oxygen atoms in total. The minimum atomic E-state index is -0.0397. The number of ether oxygens (including phenoxy) is 2. The smallest absolute Gasteiger partial charge is 0.230 e. The summed E-state index contributed by atoms with van der Waals surface area (Å²) < 4.78 is 13.4. The van der Waals surface area contributed by atoms with Crippen molar-refractivity contribution >= 4 is 17.7 Å². The van der Waals surface area contributed by atoms with Crippen molar-refractivity contribution in [2.24, 2.45) is 0 Å². The lowest BCUT2D eigenvalue weighted by atomic mass is 10.1. The van der Waals surface area contributed by atoms with Crippen LogP contribution in [0.3, 0.4) is 0 Å². The Labute approximate surface area is 180 Å². The maximum absolute atomic E-state index is 12.4. The van der Waals surface area contributed by atoms with E-state index in [0.29, 0.717) is 25.5 Å². The molecule has 2 aromatic carbocycles. The van der Waals surface area contributed by atoms with E-state index in [1.807, 2.05) is 29.0 Å². The Morgan fingerprint density at radius 3 is 2.67 bits per heavy atom. The number of benzene rings is 2. The van der Waals surface area contributed by atoms with Gasteiger partial charge in [-0.15, -0.1) is 0 Å². The minimum Gasteiger partial charge on any atom is -0.490 e. The Kier molecular flexibility index (Phi) is 6.28. The van der Waals surface area contributed by atoms with Crippen LogP contribution in [0.5, 0.6) is 11.5 Å². The fourth-order valence-corrected chi connectivity index (χ4v) is 4.19. The molecule has 0 saturated carbocycles. The van der Waals surface area contributed by atoms with Crippen LogP contribution in [0.25, 0.3) is 5.69 Å². The van der Waals surface area contributed by atoms with Crippen molar-refractivity contribution in [3.8, 4) is 17.2 Å². The molecule has 0 spiro atoms. The summed E-state index contributed by atoms with van der Waals surface area (Å²) in [7, 11) is 0. The number of thioether (sulfide) groups is 1. The van der Waals surface area contributed by atoms with Gasteiger partial charge >= 0.3 is 0 Å². The van der Waals surface area contributed by atoms with Crippen LogP contribution in [0, 0.1) is 13.8 Å². The first-order valence-corrected chi connectivity index (χ1v) is 11.0. The average Bonchev–Trinajstić information content (AvgIpc) is 3.07. The zero-order chi connectivity index (χ0) is 20.9. The lowest BCUT2D eigenvalue weighted by molar-refractivity contribution is -0.118. The normalized spacial score (nSPS) is 13.0. The summed E-state index contributed by atoms with van der Waals surface area (Å²) in [6, 6.07) is 12.2. The van der Waals surface area contributed by atoms with Crippen molar-refractivity contribution in [2.75, 3.05) is 19.0 Å². The van der Waals surface area contributed by atoms with Crippen molar-refractivity contribution < 1.29 is 14.3 Å². The van der Waals surface area contributed by atoms with E-state index in [9.17, 15) is 4.79 Å². The number of rotatable bonds is 6. The number of fused-ring (bicyclic) bond motifs is 1. The molecule has 1 amide bonds. The number of amides is 1. The molecule has 0 aliphatic carbocycles. The standard InChI is InChI=1S/C23H25N3O3S/c1-16-10-17(2)12-19(11-16)26-7-6-24-23(26)30-15-22(27)25-14-18-4-5-20-21(13-18)29-9-3-8-28-20/h4-7,10-13H,3,8-9,14-15H2,1-2H3,(H,25,27). The molecule has 3 aromatic rings. The quantitative estimate of drug-likeness (QED) is 0.606. The van der Waals surface area contributed by atoms with Crippen LogP contribution in [0.15, 0.2) is 53.9 Å². The summed E-state index contributed by atoms with van der Waals surface area (Å²) >= 11 is 1.42. The van der Waals surface area contributed by atoms with Gasteiger partial charge in [-0.25, -0.2) is 4.98 Å². The molecule has 7 heteroatoms. The number of hydrogen-bond acceptors (Lipinski definition) is 5. The third-order valence-electron chi connectivity index (χ3n) is 4.73. The fourth-order valence-electron chi connectivity index (χ4n) is 3.38. The Morgan fingerprint density at radius 1 is 1.10 bits per heavy atom. The van der Waals surface area contributed by atoms with Gasteiger partial charge in [-0.3, -0.25) is 9.36 Å². The molecule has 1 aromatic heterocycles. The number of aryl methyl sites for hydroxylation is 2. The molecule has 2 heterocycles. The van der Waals surface area contributed by atoms with E-state index in [1.54, 1.807) is 6.20 Å². The molecular weight excluding hydrogens is 398 g/mol. The second-order valence-electron chi connectivity index (χ2n) is 7.32. The van der Waals surface area contributed by atoms with Crippen molar-refractivity contribution in [1.82, 2.24) is 14.9 Å². The number of nitrogens with one attached hydrogen (secondary N) is 1. The summed E-state index contributed by atoms with van der Waals surface area (Å²) in [5.74, 6) is 1.76. The molecule has 0 radical (unpaired) electrons. The fraction of sp³-hybridized carbons (Fsp3) is 0.304. The van der Waals surface area contributed by atoms with Crippen LogP contribution < -0.4 is 14.8 Å². The van der Waals surface area contributed by atoms with E-state index in [2.05, 4.69) is 42.3 Å². The lowest BCUT2D eigenvalue weighted by Gasteiger charge is -2.11. The number of nitrogens with zero attached hydrogens (tertiary/aromatic N) is 2. The predicted molar refractivity (Wildman–Crippen MR) is 118 cm³/mol. The van der Waals surface area contributed by atoms with Gasteiger partial charge in [0, 0.05) is 31.0 Å². The summed E-state index contributed by atoms with van der Waals surface area (Å²) in [6.07, 6.45) is 4.55. The van der Waals surface area contributed by atoms with Crippen LogP contribution in [0.2, 0.25) is 0 Å². The third-order valence-corrected chi connectivity index (χ3v) is 5.69. The molecule has 1 aliphatic rings. The average molecular weight is 424 g/mol. The van der Waals surface area contributed by atoms with E-state index in [0.717, 1.165) is 34.3 Å². The molecule has 156 valence electrons. The third kappa shape index (κ3) is 4.97. The number of imidazole rings is 1. The molecule has 1 N–H and O–H groups in total. The van der Waals surface area contributed by atoms with Gasteiger partial charge in [0.25, 0.3) is 0 Å². The van der Waals surface area contributed by atoms with Crippen molar-refractivity contribution in [2.45, 2.75) is 32.0 Å². The van der Waals surface area contributed by atoms with Crippen molar-refractivity contribution in [3.05, 3.63) is 65.5 Å². The topological polar surface area (TPSA) is 65.4 Å². The maximum Gasteiger partial charge on any atom is 0.230 e. The Morgan fingerprint density at radius 2 is 1.87 bits per heavy atom. The molecule has 1 aliphatic heterocycles. The predicted octanol–water partition coefficient (Wildman–Crippen LogP) is 4.06. The first-order chi connectivity index (χ1) is 14.6. The molecule has 30 heavy (non-hydrogen) atoms. The highest BCUT2D eigenvalue weighted by Gasteiger charge is 2.12. The van der Waals surface area contributed by atoms with E-state index >= 15 is 0 Å². The Bertz CT molecular complexity index is 1030. The van der Waals surface area contributed by atoms with Crippen LogP contribution >= 0.6 is 11.8 Å². The first kappa shape index (κ1) is 20.3. The van der Waals surface area contributed by atoms with Gasteiger partial charge in [0.15, 0.2) is 16.7 Å². The second-order valence-corrected chi connectivity index (χ2v) is 8.27. The van der Waals surface area contributed by atoms with E-state index in [-0.39, 0.29) is 5.91 Å². The Balaban J connectivity index is 1.34. The van der Waals surface area contributed by atoms with Gasteiger partial charge in [0.05, 0.1) is 19.0 Å². The van der Waals surface area contributed by atoms with E-state index in [4.69, 9.17) is 9.47 Å². The molecule has 0 fully saturated rings. The van der Waals surface area contributed by atoms with Gasteiger partial charge in [0.1, 0.15) is 0 Å². The summed E-state index contributed by atoms with van der Waals surface area (Å²) in [5.41, 5.74) is 4.43. The summed E-state index contributed by atoms with van der Waals surface area (Å²) in [4.78, 5) is 16.8.